The lowest BCUT2D eigenvalue weighted by Crippen LogP contribution is -2.43. The van der Waals surface area contributed by atoms with Gasteiger partial charge < -0.3 is 15.5 Å². The van der Waals surface area contributed by atoms with Crippen molar-refractivity contribution in [1.82, 2.24) is 35.0 Å². The molecular weight excluding hydrogens is 462 g/mol. The second-order valence-corrected chi connectivity index (χ2v) is 8.83. The molecule has 0 saturated carbocycles. The fourth-order valence-corrected chi connectivity index (χ4v) is 4.44. The lowest BCUT2D eigenvalue weighted by molar-refractivity contribution is 0.589. The van der Waals surface area contributed by atoms with E-state index in [4.69, 9.17) is 10.1 Å². The zero-order valence-corrected chi connectivity index (χ0v) is 20.3. The van der Waals surface area contributed by atoms with Crippen molar-refractivity contribution in [1.29, 1.82) is 0 Å². The average molecular weight is 490 g/mol. The van der Waals surface area contributed by atoms with Crippen LogP contribution in [0.5, 0.6) is 0 Å². The van der Waals surface area contributed by atoms with Crippen LogP contribution >= 0.6 is 0 Å². The van der Waals surface area contributed by atoms with Crippen molar-refractivity contribution in [3.05, 3.63) is 97.3 Å². The quantitative estimate of drug-likeness (QED) is 0.354. The van der Waals surface area contributed by atoms with Crippen molar-refractivity contribution < 1.29 is 0 Å². The topological polar surface area (TPSA) is 96.7 Å². The lowest BCUT2D eigenvalue weighted by atomic mass is 10.1. The van der Waals surface area contributed by atoms with Gasteiger partial charge in [0.25, 0.3) is 0 Å². The Morgan fingerprint density at radius 2 is 1.76 bits per heavy atom. The molecule has 1 fully saturated rings. The highest BCUT2D eigenvalue weighted by molar-refractivity contribution is 5.78. The Morgan fingerprint density at radius 3 is 2.54 bits per heavy atom. The SMILES string of the molecule is c1ccc(Cn2cc(-c3ccnc(Nc4ccc(N5CCNCC5)cc4)n3)c(-c3cccnc3)n2)nc1. The smallest absolute Gasteiger partial charge is 0.227 e. The molecular formula is C28H27N9. The summed E-state index contributed by atoms with van der Waals surface area (Å²) >= 11 is 0. The highest BCUT2D eigenvalue weighted by Gasteiger charge is 2.16. The molecule has 4 aromatic heterocycles. The number of anilines is 3. The number of piperazine rings is 1. The molecule has 0 aliphatic carbocycles. The molecule has 5 aromatic rings. The Morgan fingerprint density at radius 1 is 0.865 bits per heavy atom. The van der Waals surface area contributed by atoms with E-state index in [9.17, 15) is 0 Å². The fraction of sp³-hybridized carbons (Fsp3) is 0.179. The molecule has 0 radical (unpaired) electrons. The van der Waals surface area contributed by atoms with Gasteiger partial charge in [0.15, 0.2) is 0 Å². The molecule has 1 aromatic carbocycles. The van der Waals surface area contributed by atoms with Crippen molar-refractivity contribution >= 4 is 17.3 Å². The minimum Gasteiger partial charge on any atom is -0.369 e. The van der Waals surface area contributed by atoms with E-state index < -0.39 is 0 Å². The van der Waals surface area contributed by atoms with Crippen LogP contribution in [-0.2, 0) is 6.54 Å². The Labute approximate surface area is 215 Å². The summed E-state index contributed by atoms with van der Waals surface area (Å²) in [6, 6.07) is 20.1. The minimum atomic E-state index is 0.530. The largest absolute Gasteiger partial charge is 0.369 e. The Hall–Kier alpha value is -4.63. The van der Waals surface area contributed by atoms with E-state index in [1.165, 1.54) is 5.69 Å². The third-order valence-electron chi connectivity index (χ3n) is 6.28. The predicted octanol–water partition coefficient (Wildman–Crippen LogP) is 4.00. The Balaban J connectivity index is 1.27. The first-order valence-corrected chi connectivity index (χ1v) is 12.4. The van der Waals surface area contributed by atoms with E-state index in [1.807, 2.05) is 53.5 Å². The number of benzene rings is 1. The molecule has 1 aliphatic heterocycles. The van der Waals surface area contributed by atoms with Crippen LogP contribution in [0.3, 0.4) is 0 Å². The number of hydrogen-bond acceptors (Lipinski definition) is 8. The average Bonchev–Trinajstić information content (AvgIpc) is 3.39. The van der Waals surface area contributed by atoms with Crippen molar-refractivity contribution in [3.8, 4) is 22.5 Å². The normalized spacial score (nSPS) is 13.5. The zero-order chi connectivity index (χ0) is 24.9. The monoisotopic (exact) mass is 489 g/mol. The molecule has 2 N–H and O–H groups in total. The summed E-state index contributed by atoms with van der Waals surface area (Å²) < 4.78 is 1.89. The third kappa shape index (κ3) is 5.31. The van der Waals surface area contributed by atoms with E-state index in [0.717, 1.165) is 60.1 Å². The van der Waals surface area contributed by atoms with Gasteiger partial charge in [0, 0.05) is 79.7 Å². The number of aromatic nitrogens is 6. The van der Waals surface area contributed by atoms with E-state index in [1.54, 1.807) is 18.6 Å². The van der Waals surface area contributed by atoms with Gasteiger partial charge in [-0.15, -0.1) is 0 Å². The van der Waals surface area contributed by atoms with Gasteiger partial charge in [0.1, 0.15) is 5.69 Å². The van der Waals surface area contributed by atoms with Crippen molar-refractivity contribution in [3.63, 3.8) is 0 Å². The molecule has 37 heavy (non-hydrogen) atoms. The molecule has 0 spiro atoms. The number of rotatable bonds is 7. The van der Waals surface area contributed by atoms with Crippen LogP contribution in [-0.4, -0.2) is 55.9 Å². The van der Waals surface area contributed by atoms with E-state index >= 15 is 0 Å². The standard InChI is InChI=1S/C28H27N9/c1-2-12-31-23(5-1)19-37-20-25(27(35-37)21-4-3-11-30-18-21)26-10-13-32-28(34-26)33-22-6-8-24(9-7-22)36-16-14-29-15-17-36/h1-13,18,20,29H,14-17,19H2,(H,32,33,34). The molecule has 6 rings (SSSR count). The van der Waals surface area contributed by atoms with Crippen molar-refractivity contribution in [2.45, 2.75) is 6.54 Å². The van der Waals surface area contributed by atoms with Crippen LogP contribution in [0.1, 0.15) is 5.69 Å². The first kappa shape index (κ1) is 22.8. The zero-order valence-electron chi connectivity index (χ0n) is 20.3. The first-order valence-electron chi connectivity index (χ1n) is 12.4. The second-order valence-electron chi connectivity index (χ2n) is 8.83. The van der Waals surface area contributed by atoms with E-state index in [0.29, 0.717) is 12.5 Å². The summed E-state index contributed by atoms with van der Waals surface area (Å²) in [5.74, 6) is 0.530. The van der Waals surface area contributed by atoms with Crippen LogP contribution in [0.4, 0.5) is 17.3 Å². The summed E-state index contributed by atoms with van der Waals surface area (Å²) in [4.78, 5) is 20.4. The summed E-state index contributed by atoms with van der Waals surface area (Å²) in [6.07, 6.45) is 9.14. The van der Waals surface area contributed by atoms with Crippen molar-refractivity contribution in [2.24, 2.45) is 0 Å². The minimum absolute atomic E-state index is 0.530. The van der Waals surface area contributed by atoms with Crippen LogP contribution in [0, 0.1) is 0 Å². The molecule has 0 unspecified atom stereocenters. The molecule has 0 bridgehead atoms. The first-order chi connectivity index (χ1) is 18.3. The predicted molar refractivity (Wildman–Crippen MR) is 145 cm³/mol. The molecule has 0 amide bonds. The van der Waals surface area contributed by atoms with Gasteiger partial charge in [-0.2, -0.15) is 5.10 Å². The van der Waals surface area contributed by atoms with E-state index in [2.05, 4.69) is 54.8 Å². The lowest BCUT2D eigenvalue weighted by Gasteiger charge is -2.29. The van der Waals surface area contributed by atoms with Crippen molar-refractivity contribution in [2.75, 3.05) is 36.4 Å². The Kier molecular flexibility index (Phi) is 6.50. The van der Waals surface area contributed by atoms with E-state index in [-0.39, 0.29) is 0 Å². The molecule has 5 heterocycles. The maximum Gasteiger partial charge on any atom is 0.227 e. The maximum absolute atomic E-state index is 4.87. The highest BCUT2D eigenvalue weighted by atomic mass is 15.3. The number of hydrogen-bond donors (Lipinski definition) is 2. The van der Waals surface area contributed by atoms with Gasteiger partial charge in [-0.25, -0.2) is 9.97 Å². The number of nitrogens with zero attached hydrogens (tertiary/aromatic N) is 7. The molecule has 9 nitrogen and oxygen atoms in total. The summed E-state index contributed by atoms with van der Waals surface area (Å²) in [5.41, 5.74) is 6.52. The van der Waals surface area contributed by atoms with Crippen LogP contribution in [0.25, 0.3) is 22.5 Å². The summed E-state index contributed by atoms with van der Waals surface area (Å²) in [6.45, 7) is 4.63. The molecule has 9 heteroatoms. The Bertz CT molecular complexity index is 1440. The summed E-state index contributed by atoms with van der Waals surface area (Å²) in [7, 11) is 0. The number of nitrogens with one attached hydrogen (secondary N) is 2. The molecule has 1 saturated heterocycles. The summed E-state index contributed by atoms with van der Waals surface area (Å²) in [5, 5.41) is 11.6. The van der Waals surface area contributed by atoms with Crippen LogP contribution in [0.15, 0.2) is 91.6 Å². The maximum atomic E-state index is 4.87. The van der Waals surface area contributed by atoms with Gasteiger partial charge in [-0.1, -0.05) is 6.07 Å². The van der Waals surface area contributed by atoms with Gasteiger partial charge in [-0.05, 0) is 54.6 Å². The van der Waals surface area contributed by atoms with Crippen LogP contribution < -0.4 is 15.5 Å². The van der Waals surface area contributed by atoms with Gasteiger partial charge in [-0.3, -0.25) is 14.6 Å². The highest BCUT2D eigenvalue weighted by Crippen LogP contribution is 2.30. The third-order valence-corrected chi connectivity index (χ3v) is 6.28. The molecule has 0 atom stereocenters. The van der Waals surface area contributed by atoms with Gasteiger partial charge in [0.05, 0.1) is 17.9 Å². The number of pyridine rings is 2. The van der Waals surface area contributed by atoms with Crippen LogP contribution in [0.2, 0.25) is 0 Å². The van der Waals surface area contributed by atoms with Gasteiger partial charge in [0.2, 0.25) is 5.95 Å². The molecule has 184 valence electrons. The van der Waals surface area contributed by atoms with Gasteiger partial charge >= 0.3 is 0 Å². The second kappa shape index (κ2) is 10.5. The fourth-order valence-electron chi connectivity index (χ4n) is 4.44. The molecule has 1 aliphatic rings.